The molecule has 3 heterocycles. The van der Waals surface area contributed by atoms with Gasteiger partial charge in [0.05, 0.1) is 11.9 Å². The third kappa shape index (κ3) is 3.17. The van der Waals surface area contributed by atoms with Crippen molar-refractivity contribution in [3.05, 3.63) is 94.1 Å². The van der Waals surface area contributed by atoms with Gasteiger partial charge in [-0.2, -0.15) is 0 Å². The van der Waals surface area contributed by atoms with Gasteiger partial charge in [-0.05, 0) is 59.5 Å². The molecule has 1 aliphatic rings. The van der Waals surface area contributed by atoms with E-state index in [1.54, 1.807) is 35.5 Å². The molecular weight excluding hydrogens is 389 g/mol. The Hall–Kier alpha value is -3.18. The molecule has 0 saturated carbocycles. The van der Waals surface area contributed by atoms with Crippen molar-refractivity contribution in [1.82, 2.24) is 9.97 Å². The maximum absolute atomic E-state index is 14.3. The van der Waals surface area contributed by atoms with Crippen LogP contribution in [0.15, 0.2) is 61.1 Å². The van der Waals surface area contributed by atoms with Crippen molar-refractivity contribution >= 4 is 34.1 Å². The fourth-order valence-corrected chi connectivity index (χ4v) is 4.18. The number of hydrogen-bond acceptors (Lipinski definition) is 2. The molecule has 0 fully saturated rings. The van der Waals surface area contributed by atoms with Gasteiger partial charge in [0.15, 0.2) is 0 Å². The maximum atomic E-state index is 14.3. The van der Waals surface area contributed by atoms with E-state index in [1.807, 2.05) is 24.4 Å². The number of rotatable bonds is 3. The van der Waals surface area contributed by atoms with Crippen molar-refractivity contribution in [3.63, 3.8) is 0 Å². The molecule has 0 spiro atoms. The smallest absolute Gasteiger partial charge is 0.258 e. The summed E-state index contributed by atoms with van der Waals surface area (Å²) in [6, 6.07) is 12.3. The van der Waals surface area contributed by atoms with Crippen molar-refractivity contribution in [2.75, 3.05) is 11.4 Å². The van der Waals surface area contributed by atoms with Gasteiger partial charge in [0.25, 0.3) is 5.91 Å². The average Bonchev–Trinajstić information content (AvgIpc) is 3.12. The standard InChI is InChI=1S/C23H17ClFN3O/c24-17-4-5-19-15(10-17)6-7-28(23(19)29)18-9-14(11-26-13-18)8-16-12-27-21-3-1-2-20(25)22(16)21/h1-5,9-13,27H,6-8H2. The lowest BCUT2D eigenvalue weighted by Gasteiger charge is -2.28. The fourth-order valence-electron chi connectivity index (χ4n) is 3.99. The van der Waals surface area contributed by atoms with Crippen molar-refractivity contribution in [3.8, 4) is 0 Å². The first-order valence-electron chi connectivity index (χ1n) is 9.39. The van der Waals surface area contributed by atoms with Gasteiger partial charge < -0.3 is 9.88 Å². The predicted molar refractivity (Wildman–Crippen MR) is 112 cm³/mol. The highest BCUT2D eigenvalue weighted by Gasteiger charge is 2.26. The highest BCUT2D eigenvalue weighted by Crippen LogP contribution is 2.28. The van der Waals surface area contributed by atoms with Crippen LogP contribution in [-0.2, 0) is 12.8 Å². The van der Waals surface area contributed by atoms with Crippen LogP contribution in [0.3, 0.4) is 0 Å². The SMILES string of the molecule is O=C1c2ccc(Cl)cc2CCN1c1cncc(Cc2c[nH]c3cccc(F)c23)c1. The quantitative estimate of drug-likeness (QED) is 0.512. The lowest BCUT2D eigenvalue weighted by atomic mass is 9.98. The first kappa shape index (κ1) is 17.9. The molecule has 4 aromatic rings. The highest BCUT2D eigenvalue weighted by atomic mass is 35.5. The lowest BCUT2D eigenvalue weighted by Crippen LogP contribution is -2.37. The summed E-state index contributed by atoms with van der Waals surface area (Å²) in [4.78, 5) is 22.2. The predicted octanol–water partition coefficient (Wildman–Crippen LogP) is 5.15. The van der Waals surface area contributed by atoms with Crippen molar-refractivity contribution in [1.29, 1.82) is 0 Å². The van der Waals surface area contributed by atoms with Gasteiger partial charge >= 0.3 is 0 Å². The molecule has 4 nitrogen and oxygen atoms in total. The molecule has 5 rings (SSSR count). The van der Waals surface area contributed by atoms with Gasteiger partial charge in [-0.1, -0.05) is 17.7 Å². The number of nitrogens with one attached hydrogen (secondary N) is 1. The van der Waals surface area contributed by atoms with E-state index in [-0.39, 0.29) is 11.7 Å². The monoisotopic (exact) mass is 405 g/mol. The Bertz CT molecular complexity index is 1250. The first-order valence-corrected chi connectivity index (χ1v) is 9.76. The number of aromatic amines is 1. The largest absolute Gasteiger partial charge is 0.361 e. The van der Waals surface area contributed by atoms with Gasteiger partial charge in [-0.25, -0.2) is 4.39 Å². The number of halogens is 2. The Morgan fingerprint density at radius 2 is 2.07 bits per heavy atom. The number of aromatic nitrogens is 2. The van der Waals surface area contributed by atoms with Crippen molar-refractivity contribution < 1.29 is 9.18 Å². The maximum Gasteiger partial charge on any atom is 0.258 e. The van der Waals surface area contributed by atoms with Gasteiger partial charge in [-0.3, -0.25) is 9.78 Å². The Kier molecular flexibility index (Phi) is 4.32. The zero-order valence-corrected chi connectivity index (χ0v) is 16.2. The van der Waals surface area contributed by atoms with E-state index in [2.05, 4.69) is 9.97 Å². The molecule has 6 heteroatoms. The number of anilines is 1. The number of hydrogen-bond donors (Lipinski definition) is 1. The normalized spacial score (nSPS) is 13.7. The second kappa shape index (κ2) is 7.01. The third-order valence-electron chi connectivity index (χ3n) is 5.37. The van der Waals surface area contributed by atoms with Gasteiger partial charge in [0, 0.05) is 46.8 Å². The fraction of sp³-hybridized carbons (Fsp3) is 0.130. The van der Waals surface area contributed by atoms with Crippen LogP contribution >= 0.6 is 11.6 Å². The highest BCUT2D eigenvalue weighted by molar-refractivity contribution is 6.30. The van der Waals surface area contributed by atoms with E-state index >= 15 is 0 Å². The summed E-state index contributed by atoms with van der Waals surface area (Å²) in [6.07, 6.45) is 6.53. The minimum Gasteiger partial charge on any atom is -0.361 e. The summed E-state index contributed by atoms with van der Waals surface area (Å²) in [5.41, 5.74) is 4.93. The molecular formula is C23H17ClFN3O. The number of carbonyl (C=O) groups excluding carboxylic acids is 1. The van der Waals surface area contributed by atoms with Crippen LogP contribution in [0.2, 0.25) is 5.02 Å². The van der Waals surface area contributed by atoms with E-state index in [1.165, 1.54) is 6.07 Å². The summed E-state index contributed by atoms with van der Waals surface area (Å²) in [6.45, 7) is 0.568. The summed E-state index contributed by atoms with van der Waals surface area (Å²) in [7, 11) is 0. The number of fused-ring (bicyclic) bond motifs is 2. The lowest BCUT2D eigenvalue weighted by molar-refractivity contribution is 0.0980. The van der Waals surface area contributed by atoms with E-state index in [4.69, 9.17) is 11.6 Å². The van der Waals surface area contributed by atoms with Crippen LogP contribution < -0.4 is 4.90 Å². The Balaban J connectivity index is 1.46. The van der Waals surface area contributed by atoms with E-state index in [9.17, 15) is 9.18 Å². The molecule has 1 N–H and O–H groups in total. The molecule has 1 amide bonds. The average molecular weight is 406 g/mol. The molecule has 0 radical (unpaired) electrons. The van der Waals surface area contributed by atoms with Crippen LogP contribution in [0.4, 0.5) is 10.1 Å². The van der Waals surface area contributed by atoms with Gasteiger partial charge in [0.2, 0.25) is 0 Å². The number of pyridine rings is 1. The van der Waals surface area contributed by atoms with Crippen LogP contribution in [0, 0.1) is 5.82 Å². The third-order valence-corrected chi connectivity index (χ3v) is 5.61. The zero-order valence-electron chi connectivity index (χ0n) is 15.5. The van der Waals surface area contributed by atoms with E-state index < -0.39 is 0 Å². The van der Waals surface area contributed by atoms with Crippen molar-refractivity contribution in [2.45, 2.75) is 12.8 Å². The minimum absolute atomic E-state index is 0.0556. The summed E-state index contributed by atoms with van der Waals surface area (Å²) < 4.78 is 14.3. The summed E-state index contributed by atoms with van der Waals surface area (Å²) in [5.74, 6) is -0.302. The molecule has 29 heavy (non-hydrogen) atoms. The molecule has 0 unspecified atom stereocenters. The van der Waals surface area contributed by atoms with Gasteiger partial charge in [0.1, 0.15) is 5.82 Å². The molecule has 2 aromatic heterocycles. The molecule has 0 atom stereocenters. The number of nitrogens with zero attached hydrogens (tertiary/aromatic N) is 2. The molecule has 144 valence electrons. The Morgan fingerprint density at radius 1 is 1.17 bits per heavy atom. The zero-order chi connectivity index (χ0) is 20.0. The molecule has 2 aromatic carbocycles. The Labute approximate surface area is 172 Å². The molecule has 0 saturated heterocycles. The van der Waals surface area contributed by atoms with E-state index in [0.717, 1.165) is 34.3 Å². The summed E-state index contributed by atoms with van der Waals surface area (Å²) in [5, 5.41) is 1.23. The minimum atomic E-state index is -0.246. The number of amides is 1. The Morgan fingerprint density at radius 3 is 2.97 bits per heavy atom. The van der Waals surface area contributed by atoms with Crippen LogP contribution in [0.5, 0.6) is 0 Å². The van der Waals surface area contributed by atoms with Crippen LogP contribution in [0.25, 0.3) is 10.9 Å². The summed E-state index contributed by atoms with van der Waals surface area (Å²) >= 11 is 6.05. The van der Waals surface area contributed by atoms with Crippen LogP contribution in [0.1, 0.15) is 27.0 Å². The molecule has 1 aliphatic heterocycles. The molecule has 0 bridgehead atoms. The van der Waals surface area contributed by atoms with E-state index in [0.29, 0.717) is 28.9 Å². The topological polar surface area (TPSA) is 49.0 Å². The van der Waals surface area contributed by atoms with Crippen LogP contribution in [-0.4, -0.2) is 22.4 Å². The second-order valence-corrected chi connectivity index (χ2v) is 7.65. The number of H-pyrrole nitrogens is 1. The number of benzene rings is 2. The first-order chi connectivity index (χ1) is 14.1. The molecule has 0 aliphatic carbocycles. The number of carbonyl (C=O) groups is 1. The van der Waals surface area contributed by atoms with Crippen molar-refractivity contribution in [2.24, 2.45) is 0 Å². The van der Waals surface area contributed by atoms with Gasteiger partial charge in [-0.15, -0.1) is 0 Å². The second-order valence-electron chi connectivity index (χ2n) is 7.21.